The van der Waals surface area contributed by atoms with Gasteiger partial charge in [0.25, 0.3) is 0 Å². The number of likely N-dealkylation sites (N-methyl/N-ethyl adjacent to an activating group) is 3. The third-order valence-corrected chi connectivity index (χ3v) is 2.51. The molecule has 0 saturated carbocycles. The van der Waals surface area contributed by atoms with Gasteiger partial charge in [-0.2, -0.15) is 0 Å². The minimum Gasteiger partial charge on any atom is -0.484 e. The summed E-state index contributed by atoms with van der Waals surface area (Å²) < 4.78 is 0. The van der Waals surface area contributed by atoms with Crippen molar-refractivity contribution in [2.75, 3.05) is 41.8 Å². The molecule has 3 nitrogen and oxygen atoms in total. The van der Waals surface area contributed by atoms with Crippen molar-refractivity contribution in [2.24, 2.45) is 0 Å². The summed E-state index contributed by atoms with van der Waals surface area (Å²) in [6.45, 7) is 0.924. The maximum atomic E-state index is 3.28. The Hall–Kier alpha value is 0.308. The Balaban J connectivity index is 0.00000169. The van der Waals surface area contributed by atoms with Gasteiger partial charge in [0.1, 0.15) is 0 Å². The minimum atomic E-state index is 0. The van der Waals surface area contributed by atoms with Gasteiger partial charge < -0.3 is 15.9 Å². The van der Waals surface area contributed by atoms with E-state index >= 15 is 0 Å². The van der Waals surface area contributed by atoms with Crippen LogP contribution in [0.25, 0.3) is 0 Å². The van der Waals surface area contributed by atoms with Crippen molar-refractivity contribution >= 4 is 0 Å². The van der Waals surface area contributed by atoms with Crippen LogP contribution in [-0.4, -0.2) is 68.7 Å². The summed E-state index contributed by atoms with van der Waals surface area (Å²) in [6.07, 6.45) is 5.91. The molecule has 1 rings (SSSR count). The van der Waals surface area contributed by atoms with Crippen LogP contribution < -0.4 is 0 Å². The van der Waals surface area contributed by atoms with E-state index in [-0.39, 0.29) is 21.1 Å². The first kappa shape index (κ1) is 14.3. The van der Waals surface area contributed by atoms with Crippen molar-refractivity contribution in [3.8, 4) is 0 Å². The molecule has 0 saturated heterocycles. The third-order valence-electron chi connectivity index (χ3n) is 2.51. The first-order chi connectivity index (χ1) is 6.04. The first-order valence-electron chi connectivity index (χ1n) is 4.64. The minimum absolute atomic E-state index is 0. The average Bonchev–Trinajstić information content (AvgIpc) is 2.02. The molecule has 2 atom stereocenters. The van der Waals surface area contributed by atoms with Gasteiger partial charge in [0.2, 0.25) is 0 Å². The molecule has 4 heteroatoms. The molecule has 0 aliphatic carbocycles. The molecular formula is C10H20N3W-. The molecule has 0 N–H and O–H groups in total. The molecule has 0 bridgehead atoms. The molecule has 0 unspecified atom stereocenters. The summed E-state index contributed by atoms with van der Waals surface area (Å²) in [4.78, 5) is 6.79. The zero-order valence-electron chi connectivity index (χ0n) is 9.69. The molecule has 82 valence electrons. The standard InChI is InChI=1S/C10H20N3.W/c1-11(2)9-7-6-8-13(5)10(9)12(3)4;/h7,9-10H,8H2,1-5H3;/q-1;/t9-,10-;/m1./s1. The van der Waals surface area contributed by atoms with Gasteiger partial charge in [0.05, 0.1) is 6.17 Å². The molecular weight excluding hydrogens is 346 g/mol. The molecule has 0 spiro atoms. The van der Waals surface area contributed by atoms with Crippen LogP contribution >= 0.6 is 0 Å². The van der Waals surface area contributed by atoms with Gasteiger partial charge in [-0.25, -0.2) is 6.08 Å². The summed E-state index contributed by atoms with van der Waals surface area (Å²) >= 11 is 0. The van der Waals surface area contributed by atoms with Crippen LogP contribution in [0.1, 0.15) is 0 Å². The molecule has 0 radical (unpaired) electrons. The van der Waals surface area contributed by atoms with Crippen molar-refractivity contribution in [3.63, 3.8) is 0 Å². The van der Waals surface area contributed by atoms with Gasteiger partial charge in [0, 0.05) is 27.1 Å². The summed E-state index contributed by atoms with van der Waals surface area (Å²) in [6, 6.07) is 0.439. The van der Waals surface area contributed by atoms with E-state index < -0.39 is 0 Å². The largest absolute Gasteiger partial charge is 0.484 e. The molecule has 0 aromatic rings. The van der Waals surface area contributed by atoms with E-state index in [9.17, 15) is 0 Å². The van der Waals surface area contributed by atoms with E-state index in [2.05, 4.69) is 62.1 Å². The Labute approximate surface area is 102 Å². The second kappa shape index (κ2) is 6.01. The predicted octanol–water partition coefficient (Wildman–Crippen LogP) is 0.107. The molecule has 1 heterocycles. The summed E-state index contributed by atoms with van der Waals surface area (Å²) in [5.41, 5.74) is 0. The van der Waals surface area contributed by atoms with Gasteiger partial charge in [-0.15, -0.1) is 6.54 Å². The van der Waals surface area contributed by atoms with Crippen molar-refractivity contribution in [2.45, 2.75) is 12.2 Å². The van der Waals surface area contributed by atoms with Crippen LogP contribution in [-0.2, 0) is 21.1 Å². The van der Waals surface area contributed by atoms with E-state index in [4.69, 9.17) is 0 Å². The smallest absolute Gasteiger partial charge is 0.0762 e. The molecule has 0 amide bonds. The topological polar surface area (TPSA) is 9.72 Å². The third kappa shape index (κ3) is 3.16. The zero-order chi connectivity index (χ0) is 10.0. The van der Waals surface area contributed by atoms with E-state index in [0.717, 1.165) is 6.54 Å². The Kier molecular flexibility index (Phi) is 6.15. The molecule has 0 aromatic heterocycles. The van der Waals surface area contributed by atoms with Crippen LogP contribution in [0, 0.1) is 6.08 Å². The maximum absolute atomic E-state index is 3.28. The van der Waals surface area contributed by atoms with Gasteiger partial charge >= 0.3 is 0 Å². The van der Waals surface area contributed by atoms with Gasteiger partial charge in [-0.1, -0.05) is 0 Å². The molecule has 0 fully saturated rings. The van der Waals surface area contributed by atoms with Crippen LogP contribution in [0.3, 0.4) is 0 Å². The normalized spacial score (nSPS) is 28.2. The molecule has 1 aliphatic heterocycles. The van der Waals surface area contributed by atoms with E-state index in [1.54, 1.807) is 0 Å². The van der Waals surface area contributed by atoms with E-state index in [0.29, 0.717) is 12.2 Å². The molecule has 14 heavy (non-hydrogen) atoms. The fourth-order valence-electron chi connectivity index (χ4n) is 1.87. The summed E-state index contributed by atoms with van der Waals surface area (Å²) in [5, 5.41) is 0. The van der Waals surface area contributed by atoms with Crippen molar-refractivity contribution < 1.29 is 21.1 Å². The fraction of sp³-hybridized carbons (Fsp3) is 0.800. The fourth-order valence-corrected chi connectivity index (χ4v) is 1.87. The Morgan fingerprint density at radius 1 is 1.21 bits per heavy atom. The molecule has 1 aliphatic rings. The van der Waals surface area contributed by atoms with E-state index in [1.165, 1.54) is 0 Å². The van der Waals surface area contributed by atoms with Crippen molar-refractivity contribution in [1.82, 2.24) is 14.7 Å². The summed E-state index contributed by atoms with van der Waals surface area (Å²) in [7, 11) is 10.6. The number of nitrogens with zero attached hydrogens (tertiary/aromatic N) is 3. The Morgan fingerprint density at radius 2 is 1.79 bits per heavy atom. The summed E-state index contributed by atoms with van der Waals surface area (Å²) in [5.74, 6) is 0. The Morgan fingerprint density at radius 3 is 2.14 bits per heavy atom. The quantitative estimate of drug-likeness (QED) is 0.643. The second-order valence-corrected chi connectivity index (χ2v) is 4.12. The SMILES string of the molecule is CN(C)[C@@H]1C=[C-]CN(C)[C@H]1N(C)C.[W]. The van der Waals surface area contributed by atoms with Gasteiger partial charge in [0.15, 0.2) is 0 Å². The Bertz CT molecular complexity index is 192. The van der Waals surface area contributed by atoms with Gasteiger partial charge in [-0.3, -0.25) is 4.90 Å². The maximum Gasteiger partial charge on any atom is 0.0762 e. The van der Waals surface area contributed by atoms with E-state index in [1.807, 2.05) is 0 Å². The molecule has 0 aromatic carbocycles. The second-order valence-electron chi connectivity index (χ2n) is 4.12. The van der Waals surface area contributed by atoms with Crippen LogP contribution in [0.4, 0.5) is 0 Å². The predicted molar refractivity (Wildman–Crippen MR) is 55.4 cm³/mol. The average molecular weight is 366 g/mol. The van der Waals surface area contributed by atoms with Crippen LogP contribution in [0.2, 0.25) is 0 Å². The van der Waals surface area contributed by atoms with Gasteiger partial charge in [-0.05, 0) is 35.2 Å². The first-order valence-corrected chi connectivity index (χ1v) is 4.64. The van der Waals surface area contributed by atoms with Crippen LogP contribution in [0.5, 0.6) is 0 Å². The van der Waals surface area contributed by atoms with Crippen LogP contribution in [0.15, 0.2) is 6.08 Å². The number of rotatable bonds is 2. The monoisotopic (exact) mass is 366 g/mol. The van der Waals surface area contributed by atoms with Crippen molar-refractivity contribution in [3.05, 3.63) is 12.2 Å². The van der Waals surface area contributed by atoms with Crippen molar-refractivity contribution in [1.29, 1.82) is 0 Å². The number of hydrogen-bond acceptors (Lipinski definition) is 3. The number of hydrogen-bond donors (Lipinski definition) is 0. The zero-order valence-corrected chi connectivity index (χ0v) is 12.6.